The summed E-state index contributed by atoms with van der Waals surface area (Å²) >= 11 is 0. The van der Waals surface area contributed by atoms with Crippen LogP contribution in [0.25, 0.3) is 0 Å². The molecule has 6 aliphatic rings. The number of hydrogen-bond donors (Lipinski definition) is 2. The number of ketones is 1. The number of ether oxygens (including phenoxy) is 1. The van der Waals surface area contributed by atoms with Crippen molar-refractivity contribution in [2.24, 2.45) is 68.3 Å². The molecule has 8 heteroatoms. The zero-order valence-corrected chi connectivity index (χ0v) is 36.2. The van der Waals surface area contributed by atoms with E-state index in [0.29, 0.717) is 24.2 Å². The molecule has 1 aromatic carbocycles. The van der Waals surface area contributed by atoms with Crippen LogP contribution in [0.5, 0.6) is 0 Å². The van der Waals surface area contributed by atoms with Gasteiger partial charge in [0.2, 0.25) is 5.91 Å². The van der Waals surface area contributed by atoms with Crippen LogP contribution in [0.3, 0.4) is 0 Å². The summed E-state index contributed by atoms with van der Waals surface area (Å²) < 4.78 is 6.64. The fourth-order valence-electron chi connectivity index (χ4n) is 14.2. The minimum Gasteiger partial charge on any atom is -0.462 e. The van der Waals surface area contributed by atoms with E-state index in [-0.39, 0.29) is 74.7 Å². The van der Waals surface area contributed by atoms with Gasteiger partial charge in [-0.15, -0.1) is 0 Å². The smallest absolute Gasteiger partial charge is 0.373 e. The van der Waals surface area contributed by atoms with Crippen LogP contribution in [0.4, 0.5) is 0 Å². The number of hydrogen-bond acceptors (Lipinski definition) is 7. The lowest BCUT2D eigenvalue weighted by molar-refractivity contribution is -0.235. The second-order valence-electron chi connectivity index (χ2n) is 21.8. The van der Waals surface area contributed by atoms with E-state index < -0.39 is 11.1 Å². The van der Waals surface area contributed by atoms with Crippen molar-refractivity contribution in [3.8, 4) is 0 Å². The van der Waals surface area contributed by atoms with Crippen LogP contribution in [-0.4, -0.2) is 41.0 Å². The Labute approximate surface area is 336 Å². The van der Waals surface area contributed by atoms with E-state index in [1.54, 1.807) is 13.8 Å². The number of benzene rings is 1. The lowest BCUT2D eigenvalue weighted by Gasteiger charge is -2.72. The molecule has 0 heterocycles. The van der Waals surface area contributed by atoms with E-state index in [2.05, 4.69) is 98.0 Å². The van der Waals surface area contributed by atoms with Crippen molar-refractivity contribution in [1.29, 1.82) is 0 Å². The van der Waals surface area contributed by atoms with Gasteiger partial charge in [0.05, 0.1) is 17.0 Å². The first kappa shape index (κ1) is 42.5. The van der Waals surface area contributed by atoms with Crippen LogP contribution in [-0.2, 0) is 35.1 Å². The topological polar surface area (TPSA) is 133 Å². The van der Waals surface area contributed by atoms with Crippen molar-refractivity contribution >= 4 is 23.8 Å². The molecule has 0 aromatic heterocycles. The van der Waals surface area contributed by atoms with Gasteiger partial charge in [-0.05, 0) is 146 Å². The summed E-state index contributed by atoms with van der Waals surface area (Å²) in [6.07, 6.45) is 10.7. The van der Waals surface area contributed by atoms with Crippen molar-refractivity contribution in [3.05, 3.63) is 47.0 Å². The quantitative estimate of drug-likeness (QED) is 0.265. The zero-order chi connectivity index (χ0) is 41.4. The summed E-state index contributed by atoms with van der Waals surface area (Å²) in [5.41, 5.74) is 8.31. The maximum atomic E-state index is 14.0. The number of amides is 1. The molecular formula is C48H70N2O6. The van der Waals surface area contributed by atoms with Crippen molar-refractivity contribution < 1.29 is 28.7 Å². The zero-order valence-electron chi connectivity index (χ0n) is 36.2. The predicted octanol–water partition coefficient (Wildman–Crippen LogP) is 8.81. The first-order valence-corrected chi connectivity index (χ1v) is 21.6. The summed E-state index contributed by atoms with van der Waals surface area (Å²) in [4.78, 5) is 57.6. The second kappa shape index (κ2) is 14.3. The standard InChI is InChI=1S/C47H70N2O4.CO2/c1-28(2)37-33(50)27-47(49-40(52)43(7,8)48)24-23-45(10)31(38(37)47)17-18-35-44(9)21-20-36(42(5,6)34(44)19-22-46(35,45)11)53-39(51)32-26-30(41(32,3)4)25-29-15-13-12-14-16-29;2-1-3/h12-16,28,30-32,34-36H,17-27,48H2,1-11H3,(H,49,52);/t30-,31+,32-,34-,35+,36-,44-,45+,46+,47+;/m0./s1. The highest BCUT2D eigenvalue weighted by Crippen LogP contribution is 2.76. The molecule has 0 spiro atoms. The van der Waals surface area contributed by atoms with Gasteiger partial charge in [0.15, 0.2) is 5.78 Å². The minimum atomic E-state index is -1.01. The number of nitrogens with one attached hydrogen (secondary N) is 1. The number of Topliss-reactive ketones (excluding diaryl/α,β-unsaturated/α-hetero) is 1. The summed E-state index contributed by atoms with van der Waals surface area (Å²) in [5, 5.41) is 3.42. The van der Waals surface area contributed by atoms with Gasteiger partial charge >= 0.3 is 12.1 Å². The molecule has 7 rings (SSSR count). The van der Waals surface area contributed by atoms with E-state index in [1.807, 2.05) is 0 Å². The third-order valence-electron chi connectivity index (χ3n) is 17.6. The third-order valence-corrected chi connectivity index (χ3v) is 17.6. The Morgan fingerprint density at radius 3 is 2.11 bits per heavy atom. The highest BCUT2D eigenvalue weighted by atomic mass is 16.5. The molecule has 3 N–H and O–H groups in total. The first-order valence-electron chi connectivity index (χ1n) is 21.6. The molecule has 5 fully saturated rings. The summed E-state index contributed by atoms with van der Waals surface area (Å²) in [6, 6.07) is 10.7. The average Bonchev–Trinajstić information content (AvgIpc) is 3.40. The molecule has 0 saturated heterocycles. The van der Waals surface area contributed by atoms with E-state index in [9.17, 15) is 14.4 Å². The number of fused-ring (bicyclic) bond motifs is 7. The summed E-state index contributed by atoms with van der Waals surface area (Å²) in [7, 11) is 0. The molecule has 56 heavy (non-hydrogen) atoms. The van der Waals surface area contributed by atoms with Crippen LogP contribution >= 0.6 is 0 Å². The van der Waals surface area contributed by atoms with Crippen molar-refractivity contribution in [2.45, 2.75) is 164 Å². The number of rotatable bonds is 7. The molecule has 0 aliphatic heterocycles. The molecule has 1 aromatic rings. The van der Waals surface area contributed by atoms with Crippen molar-refractivity contribution in [2.75, 3.05) is 0 Å². The molecule has 10 atom stereocenters. The molecule has 0 bridgehead atoms. The Balaban J connectivity index is 0.00000172. The van der Waals surface area contributed by atoms with E-state index >= 15 is 0 Å². The molecule has 0 unspecified atom stereocenters. The van der Waals surface area contributed by atoms with Gasteiger partial charge in [-0.2, -0.15) is 9.59 Å². The Bertz CT molecular complexity index is 1780. The molecule has 6 aliphatic carbocycles. The third kappa shape index (κ3) is 6.48. The monoisotopic (exact) mass is 771 g/mol. The highest BCUT2D eigenvalue weighted by molar-refractivity contribution is 6.02. The number of carbonyl (C=O) groups is 3. The van der Waals surface area contributed by atoms with E-state index in [1.165, 1.54) is 11.1 Å². The largest absolute Gasteiger partial charge is 0.462 e. The first-order chi connectivity index (χ1) is 25.9. The second-order valence-corrected chi connectivity index (χ2v) is 21.8. The predicted molar refractivity (Wildman–Crippen MR) is 217 cm³/mol. The molecule has 5 saturated carbocycles. The Morgan fingerprint density at radius 1 is 0.875 bits per heavy atom. The van der Waals surface area contributed by atoms with Gasteiger partial charge in [0.1, 0.15) is 6.10 Å². The van der Waals surface area contributed by atoms with Crippen LogP contribution in [0.15, 0.2) is 41.5 Å². The number of esters is 1. The van der Waals surface area contributed by atoms with Gasteiger partial charge in [-0.25, -0.2) is 0 Å². The van der Waals surface area contributed by atoms with Crippen LogP contribution < -0.4 is 11.1 Å². The van der Waals surface area contributed by atoms with Gasteiger partial charge in [0, 0.05) is 11.8 Å². The van der Waals surface area contributed by atoms with Crippen molar-refractivity contribution in [1.82, 2.24) is 5.32 Å². The average molecular weight is 771 g/mol. The Kier molecular flexibility index (Phi) is 10.9. The van der Waals surface area contributed by atoms with E-state index in [0.717, 1.165) is 69.8 Å². The number of carbonyl (C=O) groups excluding carboxylic acids is 5. The lowest BCUT2D eigenvalue weighted by Crippen LogP contribution is -2.68. The molecule has 8 nitrogen and oxygen atoms in total. The maximum absolute atomic E-state index is 14.0. The fourth-order valence-corrected chi connectivity index (χ4v) is 14.2. The van der Waals surface area contributed by atoms with Gasteiger partial charge in [0.25, 0.3) is 0 Å². The summed E-state index contributed by atoms with van der Waals surface area (Å²) in [6.45, 7) is 24.9. The molecular weight excluding hydrogens is 701 g/mol. The van der Waals surface area contributed by atoms with Crippen molar-refractivity contribution in [3.63, 3.8) is 0 Å². The molecule has 308 valence electrons. The van der Waals surface area contributed by atoms with Gasteiger partial charge in [-0.3, -0.25) is 14.4 Å². The number of nitrogens with two attached hydrogens (primary N) is 1. The maximum Gasteiger partial charge on any atom is 0.373 e. The Morgan fingerprint density at radius 2 is 1.52 bits per heavy atom. The number of allylic oxidation sites excluding steroid dienone is 1. The summed E-state index contributed by atoms with van der Waals surface area (Å²) in [5.74, 6) is 1.88. The molecule has 1 amide bonds. The Hall–Kier alpha value is -3.09. The van der Waals surface area contributed by atoms with Crippen LogP contribution in [0.1, 0.15) is 146 Å². The SMILES string of the molecule is CC(C)C1=C2[C@H]3CC[C@@H]4[C@@]5(C)CC[C@H](OC(=O)[C@@H]6C[C@H](Cc7ccccc7)C6(C)C)C(C)(C)[C@@H]5CC[C@@]4(C)[C@]3(C)CC[C@@]2(NC(=O)C(C)(C)N)CC1=O.O=C=O. The van der Waals surface area contributed by atoms with Gasteiger partial charge in [-0.1, -0.05) is 92.6 Å². The normalized spacial score (nSPS) is 39.3. The highest BCUT2D eigenvalue weighted by Gasteiger charge is 2.70. The molecule has 0 radical (unpaired) electrons. The fraction of sp³-hybridized carbons (Fsp3) is 0.750. The van der Waals surface area contributed by atoms with E-state index in [4.69, 9.17) is 20.1 Å². The van der Waals surface area contributed by atoms with Crippen LogP contribution in [0, 0.1) is 62.6 Å². The van der Waals surface area contributed by atoms with Crippen LogP contribution in [0.2, 0.25) is 0 Å². The minimum absolute atomic E-state index is 0.00992. The lowest BCUT2D eigenvalue weighted by atomic mass is 9.33. The van der Waals surface area contributed by atoms with Gasteiger partial charge < -0.3 is 15.8 Å².